The van der Waals surface area contributed by atoms with E-state index < -0.39 is 0 Å². The number of nitrogens with zero attached hydrogens (tertiary/aromatic N) is 1. The predicted octanol–water partition coefficient (Wildman–Crippen LogP) is 2.04. The van der Waals surface area contributed by atoms with Gasteiger partial charge in [0.2, 0.25) is 6.41 Å². The van der Waals surface area contributed by atoms with Crippen LogP contribution in [0.25, 0.3) is 0 Å². The Morgan fingerprint density at radius 3 is 2.68 bits per heavy atom. The van der Waals surface area contributed by atoms with Gasteiger partial charge in [-0.25, -0.2) is 0 Å². The van der Waals surface area contributed by atoms with E-state index in [1.54, 1.807) is 26.2 Å². The molecule has 0 aromatic heterocycles. The highest BCUT2D eigenvalue weighted by Gasteiger charge is 2.04. The fraction of sp³-hybridized carbons (Fsp3) is 0.429. The summed E-state index contributed by atoms with van der Waals surface area (Å²) in [4.78, 5) is 10.4. The molecule has 19 heavy (non-hydrogen) atoms. The van der Waals surface area contributed by atoms with Crippen LogP contribution in [0.15, 0.2) is 35.3 Å². The Bertz CT molecular complexity index is 403. The van der Waals surface area contributed by atoms with Gasteiger partial charge in [0.05, 0.1) is 12.2 Å². The van der Waals surface area contributed by atoms with Crippen LogP contribution in [-0.4, -0.2) is 26.7 Å². The molecule has 0 saturated carbocycles. The molecule has 0 aromatic rings. The van der Waals surface area contributed by atoms with E-state index in [1.807, 2.05) is 13.0 Å². The minimum atomic E-state index is 0.335. The molecule has 0 heterocycles. The average molecular weight is 264 g/mol. The molecular weight excluding hydrogens is 244 g/mol. The second kappa shape index (κ2) is 11.1. The first-order valence-electron chi connectivity index (χ1n) is 6.00. The van der Waals surface area contributed by atoms with Crippen LogP contribution in [-0.2, 0) is 14.3 Å². The summed E-state index contributed by atoms with van der Waals surface area (Å²) < 4.78 is 10.4. The van der Waals surface area contributed by atoms with Gasteiger partial charge in [-0.15, -0.1) is 0 Å². The molecule has 0 aliphatic heterocycles. The Balaban J connectivity index is 5.16. The number of nitrogens with one attached hydrogen (secondary N) is 1. The van der Waals surface area contributed by atoms with E-state index in [1.165, 1.54) is 0 Å². The van der Waals surface area contributed by atoms with Crippen molar-refractivity contribution in [1.82, 2.24) is 5.32 Å². The van der Waals surface area contributed by atoms with Gasteiger partial charge < -0.3 is 14.8 Å². The zero-order valence-corrected chi connectivity index (χ0v) is 11.6. The second-order valence-electron chi connectivity index (χ2n) is 3.63. The van der Waals surface area contributed by atoms with Gasteiger partial charge in [-0.3, -0.25) is 4.79 Å². The van der Waals surface area contributed by atoms with Crippen molar-refractivity contribution in [3.63, 3.8) is 0 Å². The number of hydrogen-bond acceptors (Lipinski definition) is 4. The minimum absolute atomic E-state index is 0.335. The van der Waals surface area contributed by atoms with Gasteiger partial charge in [0.25, 0.3) is 0 Å². The van der Waals surface area contributed by atoms with Gasteiger partial charge in [-0.2, -0.15) is 5.26 Å². The zero-order valence-electron chi connectivity index (χ0n) is 11.6. The molecule has 1 N–H and O–H groups in total. The Kier molecular flexibility index (Phi) is 9.86. The third-order valence-corrected chi connectivity index (χ3v) is 2.09. The number of hydrogen-bond donors (Lipinski definition) is 1. The van der Waals surface area contributed by atoms with Crippen LogP contribution in [0.5, 0.6) is 0 Å². The Labute approximate surface area is 114 Å². The summed E-state index contributed by atoms with van der Waals surface area (Å²) in [6.45, 7) is 4.45. The van der Waals surface area contributed by atoms with Crippen molar-refractivity contribution in [2.75, 3.05) is 20.3 Å². The number of allylic oxidation sites excluding steroid dienone is 5. The molecule has 0 radical (unpaired) electrons. The number of carbonyl (C=O) groups excluding carboxylic acids is 1. The third-order valence-electron chi connectivity index (χ3n) is 2.09. The van der Waals surface area contributed by atoms with E-state index in [0.29, 0.717) is 36.7 Å². The molecule has 0 rings (SSSR count). The van der Waals surface area contributed by atoms with Gasteiger partial charge in [-0.1, -0.05) is 13.0 Å². The molecule has 0 unspecified atom stereocenters. The maximum absolute atomic E-state index is 10.4. The summed E-state index contributed by atoms with van der Waals surface area (Å²) in [5.41, 5.74) is 1.00. The van der Waals surface area contributed by atoms with Crippen molar-refractivity contribution < 1.29 is 14.3 Å². The van der Waals surface area contributed by atoms with Crippen molar-refractivity contribution in [3.05, 3.63) is 35.3 Å². The van der Waals surface area contributed by atoms with E-state index in [-0.39, 0.29) is 0 Å². The molecule has 0 aromatic carbocycles. The standard InChI is InChI=1S/C14H20N2O3/c1-4-5-6-13(10-15)14(19-8-7-18-3)9-12(2)16-11-17/h5-6,9,11H,4,7-8H2,1-3H3,(H,16,17)/b6-5+,12-9+,14-13-. The summed E-state index contributed by atoms with van der Waals surface area (Å²) in [6, 6.07) is 2.08. The summed E-state index contributed by atoms with van der Waals surface area (Å²) in [5.74, 6) is 0.413. The van der Waals surface area contributed by atoms with Gasteiger partial charge in [-0.05, 0) is 19.4 Å². The number of methoxy groups -OCH3 is 1. The van der Waals surface area contributed by atoms with Crippen LogP contribution in [0.2, 0.25) is 0 Å². The lowest BCUT2D eigenvalue weighted by molar-refractivity contribution is -0.108. The highest BCUT2D eigenvalue weighted by atomic mass is 16.5. The highest BCUT2D eigenvalue weighted by molar-refractivity contribution is 5.51. The topological polar surface area (TPSA) is 71.4 Å². The molecule has 0 spiro atoms. The van der Waals surface area contributed by atoms with Gasteiger partial charge in [0.1, 0.15) is 18.4 Å². The lowest BCUT2D eigenvalue weighted by Crippen LogP contribution is -2.09. The maximum atomic E-state index is 10.4. The maximum Gasteiger partial charge on any atom is 0.211 e. The summed E-state index contributed by atoms with van der Waals surface area (Å²) in [7, 11) is 1.57. The first-order valence-corrected chi connectivity index (χ1v) is 6.00. The minimum Gasteiger partial charge on any atom is -0.490 e. The number of amides is 1. The number of carbonyl (C=O) groups is 1. The fourth-order valence-corrected chi connectivity index (χ4v) is 1.17. The molecule has 0 bridgehead atoms. The lowest BCUT2D eigenvalue weighted by Gasteiger charge is -2.09. The first kappa shape index (κ1) is 16.9. The molecule has 0 saturated heterocycles. The smallest absolute Gasteiger partial charge is 0.211 e. The molecule has 0 aliphatic rings. The van der Waals surface area contributed by atoms with Crippen LogP contribution >= 0.6 is 0 Å². The van der Waals surface area contributed by atoms with Crippen LogP contribution in [0.4, 0.5) is 0 Å². The van der Waals surface area contributed by atoms with Crippen LogP contribution in [0.3, 0.4) is 0 Å². The van der Waals surface area contributed by atoms with Crippen molar-refractivity contribution in [2.45, 2.75) is 20.3 Å². The predicted molar refractivity (Wildman–Crippen MR) is 72.9 cm³/mol. The Morgan fingerprint density at radius 1 is 1.42 bits per heavy atom. The molecule has 1 amide bonds. The van der Waals surface area contributed by atoms with Gasteiger partial charge in [0.15, 0.2) is 0 Å². The number of rotatable bonds is 9. The van der Waals surface area contributed by atoms with E-state index in [9.17, 15) is 4.79 Å². The summed E-state index contributed by atoms with van der Waals surface area (Å²) >= 11 is 0. The molecule has 5 nitrogen and oxygen atoms in total. The second-order valence-corrected chi connectivity index (χ2v) is 3.63. The van der Waals surface area contributed by atoms with Crippen molar-refractivity contribution in [2.24, 2.45) is 0 Å². The molecular formula is C14H20N2O3. The summed E-state index contributed by atoms with van der Waals surface area (Å²) in [5, 5.41) is 11.6. The molecule has 5 heteroatoms. The van der Waals surface area contributed by atoms with E-state index in [0.717, 1.165) is 6.42 Å². The monoisotopic (exact) mass is 264 g/mol. The van der Waals surface area contributed by atoms with Crippen LogP contribution in [0.1, 0.15) is 20.3 Å². The lowest BCUT2D eigenvalue weighted by atomic mass is 10.2. The molecule has 0 aliphatic carbocycles. The normalized spacial score (nSPS) is 12.8. The molecule has 104 valence electrons. The van der Waals surface area contributed by atoms with Crippen LogP contribution in [0, 0.1) is 11.3 Å². The Morgan fingerprint density at radius 2 is 2.16 bits per heavy atom. The molecule has 0 atom stereocenters. The van der Waals surface area contributed by atoms with Crippen molar-refractivity contribution >= 4 is 6.41 Å². The third kappa shape index (κ3) is 7.79. The number of nitriles is 1. The van der Waals surface area contributed by atoms with E-state index in [4.69, 9.17) is 14.7 Å². The van der Waals surface area contributed by atoms with E-state index in [2.05, 4.69) is 11.4 Å². The van der Waals surface area contributed by atoms with Gasteiger partial charge in [0, 0.05) is 18.9 Å². The van der Waals surface area contributed by atoms with Crippen LogP contribution < -0.4 is 5.32 Å². The quantitative estimate of drug-likeness (QED) is 0.227. The SMILES string of the molecule is CC/C=C/C(C#N)=C(\C=C(/C)NC=O)OCCOC. The first-order chi connectivity index (χ1) is 9.19. The largest absolute Gasteiger partial charge is 0.490 e. The zero-order chi connectivity index (χ0) is 14.5. The van der Waals surface area contributed by atoms with Crippen molar-refractivity contribution in [3.8, 4) is 6.07 Å². The average Bonchev–Trinajstić information content (AvgIpc) is 2.39. The number of ether oxygens (including phenoxy) is 2. The summed E-state index contributed by atoms with van der Waals surface area (Å²) in [6.07, 6.45) is 6.59. The Hall–Kier alpha value is -2.06. The van der Waals surface area contributed by atoms with Gasteiger partial charge >= 0.3 is 0 Å². The fourth-order valence-electron chi connectivity index (χ4n) is 1.17. The highest BCUT2D eigenvalue weighted by Crippen LogP contribution is 2.11. The van der Waals surface area contributed by atoms with Crippen molar-refractivity contribution in [1.29, 1.82) is 5.26 Å². The van der Waals surface area contributed by atoms with E-state index >= 15 is 0 Å². The molecule has 0 fully saturated rings.